The fourth-order valence-corrected chi connectivity index (χ4v) is 1.69. The minimum atomic E-state index is -0.443. The molecule has 14 heavy (non-hydrogen) atoms. The lowest BCUT2D eigenvalue weighted by molar-refractivity contribution is 0.0588. The van der Waals surface area contributed by atoms with E-state index in [2.05, 4.69) is 14.7 Å². The van der Waals surface area contributed by atoms with E-state index in [9.17, 15) is 4.79 Å². The summed E-state index contributed by atoms with van der Waals surface area (Å²) >= 11 is 1.49. The van der Waals surface area contributed by atoms with Crippen molar-refractivity contribution in [3.8, 4) is 0 Å². The first-order chi connectivity index (χ1) is 6.65. The van der Waals surface area contributed by atoms with E-state index in [-0.39, 0.29) is 5.69 Å². The molecule has 0 unspecified atom stereocenters. The van der Waals surface area contributed by atoms with Crippen molar-refractivity contribution in [2.45, 2.75) is 24.1 Å². The zero-order chi connectivity index (χ0) is 10.6. The minimum absolute atomic E-state index is 0.286. The second-order valence-corrected chi connectivity index (χ2v) is 4.43. The molecule has 0 aliphatic heterocycles. The Morgan fingerprint density at radius 1 is 1.43 bits per heavy atom. The van der Waals surface area contributed by atoms with E-state index in [0.29, 0.717) is 10.3 Å². The number of hydrogen-bond acceptors (Lipinski definition) is 5. The molecule has 0 saturated carbocycles. The predicted octanol–water partition coefficient (Wildman–Crippen LogP) is 1.76. The highest BCUT2D eigenvalue weighted by Crippen LogP contribution is 2.22. The van der Waals surface area contributed by atoms with Crippen LogP contribution in [0.5, 0.6) is 0 Å². The van der Waals surface area contributed by atoms with Crippen LogP contribution in [0.1, 0.15) is 24.3 Å². The van der Waals surface area contributed by atoms with Crippen molar-refractivity contribution in [1.82, 2.24) is 9.97 Å². The molecule has 1 heterocycles. The Morgan fingerprint density at radius 2 is 2.07 bits per heavy atom. The van der Waals surface area contributed by atoms with Crippen LogP contribution < -0.4 is 0 Å². The summed E-state index contributed by atoms with van der Waals surface area (Å²) in [7, 11) is 1.33. The lowest BCUT2D eigenvalue weighted by atomic mass is 10.4. The molecule has 4 nitrogen and oxygen atoms in total. The zero-order valence-electron chi connectivity index (χ0n) is 8.35. The standard InChI is InChI=1S/C9H12N2O2S/c1-6(2)14-8-7(9(12)13-3)10-4-5-11-8/h4-6H,1-3H3. The van der Waals surface area contributed by atoms with Gasteiger partial charge in [0.1, 0.15) is 5.03 Å². The summed E-state index contributed by atoms with van der Waals surface area (Å²) in [5, 5.41) is 0.976. The van der Waals surface area contributed by atoms with Crippen molar-refractivity contribution in [2.75, 3.05) is 7.11 Å². The van der Waals surface area contributed by atoms with Gasteiger partial charge in [-0.2, -0.15) is 0 Å². The van der Waals surface area contributed by atoms with Crippen LogP contribution in [0.2, 0.25) is 0 Å². The van der Waals surface area contributed by atoms with Gasteiger partial charge in [0.25, 0.3) is 0 Å². The number of rotatable bonds is 3. The highest BCUT2D eigenvalue weighted by atomic mass is 32.2. The fourth-order valence-electron chi connectivity index (χ4n) is 0.871. The third kappa shape index (κ3) is 2.70. The first-order valence-corrected chi connectivity index (χ1v) is 5.09. The van der Waals surface area contributed by atoms with Crippen molar-refractivity contribution in [2.24, 2.45) is 0 Å². The number of hydrogen-bond donors (Lipinski definition) is 0. The Bertz CT molecular complexity index is 328. The van der Waals surface area contributed by atoms with Gasteiger partial charge in [0, 0.05) is 17.6 Å². The molecule has 0 atom stereocenters. The number of carbonyl (C=O) groups excluding carboxylic acids is 1. The number of thioether (sulfide) groups is 1. The van der Waals surface area contributed by atoms with E-state index >= 15 is 0 Å². The largest absolute Gasteiger partial charge is 0.464 e. The van der Waals surface area contributed by atoms with E-state index in [4.69, 9.17) is 0 Å². The Hall–Kier alpha value is -1.10. The van der Waals surface area contributed by atoms with Crippen LogP contribution >= 0.6 is 11.8 Å². The number of aromatic nitrogens is 2. The van der Waals surface area contributed by atoms with Crippen LogP contribution in [0.3, 0.4) is 0 Å². The predicted molar refractivity (Wildman–Crippen MR) is 54.4 cm³/mol. The Kier molecular flexibility index (Phi) is 3.88. The maximum absolute atomic E-state index is 11.3. The lowest BCUT2D eigenvalue weighted by Crippen LogP contribution is -2.08. The summed E-state index contributed by atoms with van der Waals surface area (Å²) in [6.45, 7) is 4.06. The number of methoxy groups -OCH3 is 1. The molecule has 0 aliphatic rings. The normalized spacial score (nSPS) is 10.3. The summed E-state index contributed by atoms with van der Waals surface area (Å²) in [6.07, 6.45) is 3.05. The molecular formula is C9H12N2O2S. The smallest absolute Gasteiger partial charge is 0.359 e. The third-order valence-electron chi connectivity index (χ3n) is 1.39. The number of ether oxygens (including phenoxy) is 1. The van der Waals surface area contributed by atoms with Gasteiger partial charge >= 0.3 is 5.97 Å². The molecule has 1 aromatic heterocycles. The van der Waals surface area contributed by atoms with Crippen LogP contribution in [-0.4, -0.2) is 28.3 Å². The highest BCUT2D eigenvalue weighted by Gasteiger charge is 2.15. The van der Waals surface area contributed by atoms with Gasteiger partial charge in [0.15, 0.2) is 5.69 Å². The second-order valence-electron chi connectivity index (χ2n) is 2.87. The van der Waals surface area contributed by atoms with Crippen molar-refractivity contribution in [3.63, 3.8) is 0 Å². The van der Waals surface area contributed by atoms with Crippen LogP contribution in [0, 0.1) is 0 Å². The molecule has 0 saturated heterocycles. The topological polar surface area (TPSA) is 52.1 Å². The Balaban J connectivity index is 2.97. The molecule has 0 spiro atoms. The number of carbonyl (C=O) groups is 1. The summed E-state index contributed by atoms with van der Waals surface area (Å²) in [6, 6.07) is 0. The second kappa shape index (κ2) is 4.95. The molecule has 5 heteroatoms. The van der Waals surface area contributed by atoms with E-state index in [1.807, 2.05) is 13.8 Å². The maximum Gasteiger partial charge on any atom is 0.359 e. The van der Waals surface area contributed by atoms with Crippen LogP contribution in [0.25, 0.3) is 0 Å². The summed E-state index contributed by atoms with van der Waals surface area (Å²) in [5.41, 5.74) is 0.286. The van der Waals surface area contributed by atoms with Gasteiger partial charge in [0.05, 0.1) is 7.11 Å². The molecule has 0 radical (unpaired) electrons. The number of nitrogens with zero attached hydrogens (tertiary/aromatic N) is 2. The number of esters is 1. The quantitative estimate of drug-likeness (QED) is 0.564. The maximum atomic E-state index is 11.3. The molecule has 1 rings (SSSR count). The Labute approximate surface area is 87.1 Å². The van der Waals surface area contributed by atoms with Crippen molar-refractivity contribution in [3.05, 3.63) is 18.1 Å². The SMILES string of the molecule is COC(=O)c1nccnc1SC(C)C. The Morgan fingerprint density at radius 3 is 2.64 bits per heavy atom. The van der Waals surface area contributed by atoms with Crippen molar-refractivity contribution < 1.29 is 9.53 Å². The summed E-state index contributed by atoms with van der Waals surface area (Å²) < 4.78 is 4.60. The van der Waals surface area contributed by atoms with Crippen molar-refractivity contribution >= 4 is 17.7 Å². The minimum Gasteiger partial charge on any atom is -0.464 e. The average Bonchev–Trinajstić information content (AvgIpc) is 2.16. The molecule has 0 bridgehead atoms. The molecule has 0 aromatic carbocycles. The van der Waals surface area contributed by atoms with Gasteiger partial charge in [-0.1, -0.05) is 13.8 Å². The molecule has 76 valence electrons. The summed E-state index contributed by atoms with van der Waals surface area (Å²) in [5.74, 6) is -0.443. The van der Waals surface area contributed by atoms with E-state index in [1.165, 1.54) is 25.1 Å². The van der Waals surface area contributed by atoms with Crippen LogP contribution in [-0.2, 0) is 4.74 Å². The molecule has 0 aliphatic carbocycles. The van der Waals surface area contributed by atoms with Gasteiger partial charge in [-0.3, -0.25) is 0 Å². The lowest BCUT2D eigenvalue weighted by Gasteiger charge is -2.06. The fraction of sp³-hybridized carbons (Fsp3) is 0.444. The monoisotopic (exact) mass is 212 g/mol. The van der Waals surface area contributed by atoms with Gasteiger partial charge < -0.3 is 4.74 Å². The van der Waals surface area contributed by atoms with Gasteiger partial charge in [-0.15, -0.1) is 11.8 Å². The molecular weight excluding hydrogens is 200 g/mol. The molecule has 0 amide bonds. The van der Waals surface area contributed by atoms with Crippen LogP contribution in [0.4, 0.5) is 0 Å². The van der Waals surface area contributed by atoms with E-state index in [1.54, 1.807) is 6.20 Å². The van der Waals surface area contributed by atoms with Gasteiger partial charge in [-0.05, 0) is 0 Å². The van der Waals surface area contributed by atoms with Crippen LogP contribution in [0.15, 0.2) is 17.4 Å². The third-order valence-corrected chi connectivity index (χ3v) is 2.38. The summed E-state index contributed by atoms with van der Waals surface area (Å²) in [4.78, 5) is 19.3. The van der Waals surface area contributed by atoms with Crippen molar-refractivity contribution in [1.29, 1.82) is 0 Å². The molecule has 0 fully saturated rings. The van der Waals surface area contributed by atoms with E-state index in [0.717, 1.165) is 0 Å². The van der Waals surface area contributed by atoms with Gasteiger partial charge in [0.2, 0.25) is 0 Å². The highest BCUT2D eigenvalue weighted by molar-refractivity contribution is 7.99. The van der Waals surface area contributed by atoms with Gasteiger partial charge in [-0.25, -0.2) is 14.8 Å². The average molecular weight is 212 g/mol. The first-order valence-electron chi connectivity index (χ1n) is 4.21. The van der Waals surface area contributed by atoms with E-state index < -0.39 is 5.97 Å². The zero-order valence-corrected chi connectivity index (χ0v) is 9.17. The first kappa shape index (κ1) is 11.0. The molecule has 0 N–H and O–H groups in total. The molecule has 1 aromatic rings.